The molecule has 0 unspecified atom stereocenters. The van der Waals surface area contributed by atoms with Crippen molar-refractivity contribution in [1.29, 1.82) is 0 Å². The Labute approximate surface area is 78.9 Å². The number of unbranched alkanes of at least 4 members (excludes halogenated alkanes) is 2. The fourth-order valence-corrected chi connectivity index (χ4v) is 0.698. The normalized spacial score (nSPS) is 9.31. The molecule has 4 heteroatoms. The predicted octanol–water partition coefficient (Wildman–Crippen LogP) is 2.02. The Kier molecular flexibility index (Phi) is 8.34. The van der Waals surface area contributed by atoms with Crippen molar-refractivity contribution in [2.24, 2.45) is 0 Å². The molecule has 0 aliphatic rings. The Hall–Kier alpha value is -1.03. The van der Waals surface area contributed by atoms with Crippen molar-refractivity contribution in [2.45, 2.75) is 26.2 Å². The Bertz CT molecular complexity index is 148. The van der Waals surface area contributed by atoms with Gasteiger partial charge in [0.25, 0.3) is 0 Å². The molecule has 0 bridgehead atoms. The molecule has 0 atom stereocenters. The first kappa shape index (κ1) is 12.0. The van der Waals surface area contributed by atoms with Crippen molar-refractivity contribution in [3.63, 3.8) is 0 Å². The molecule has 0 aromatic heterocycles. The average Bonchev–Trinajstić information content (AvgIpc) is 2.14. The quantitative estimate of drug-likeness (QED) is 0.377. The van der Waals surface area contributed by atoms with E-state index in [4.69, 9.17) is 4.84 Å². The molecule has 76 valence electrons. The summed E-state index contributed by atoms with van der Waals surface area (Å²) in [6.45, 7) is 6.23. The summed E-state index contributed by atoms with van der Waals surface area (Å²) in [4.78, 5) is 15.6. The van der Waals surface area contributed by atoms with Crippen molar-refractivity contribution in [2.75, 3.05) is 13.2 Å². The Morgan fingerprint density at radius 2 is 2.31 bits per heavy atom. The molecule has 0 aromatic carbocycles. The van der Waals surface area contributed by atoms with Gasteiger partial charge >= 0.3 is 6.09 Å². The summed E-state index contributed by atoms with van der Waals surface area (Å²) in [5.41, 5.74) is 2.17. The molecule has 4 nitrogen and oxygen atoms in total. The monoisotopic (exact) mass is 187 g/mol. The fraction of sp³-hybridized carbons (Fsp3) is 0.667. The van der Waals surface area contributed by atoms with Crippen molar-refractivity contribution in [3.05, 3.63) is 12.7 Å². The molecule has 0 aromatic rings. The van der Waals surface area contributed by atoms with Crippen LogP contribution < -0.4 is 5.48 Å². The highest BCUT2D eigenvalue weighted by Gasteiger charge is 1.98. The molecule has 0 radical (unpaired) electrons. The van der Waals surface area contributed by atoms with E-state index in [-0.39, 0.29) is 6.61 Å². The van der Waals surface area contributed by atoms with E-state index in [1.807, 2.05) is 0 Å². The van der Waals surface area contributed by atoms with Crippen LogP contribution in [0.2, 0.25) is 0 Å². The first-order chi connectivity index (χ1) is 6.31. The minimum absolute atomic E-state index is 0.199. The molecular weight excluding hydrogens is 170 g/mol. The lowest BCUT2D eigenvalue weighted by Crippen LogP contribution is -2.25. The number of hydroxylamine groups is 1. The number of hydrogen-bond donors (Lipinski definition) is 1. The van der Waals surface area contributed by atoms with Gasteiger partial charge in [-0.15, -0.1) is 0 Å². The number of rotatable bonds is 7. The first-order valence-electron chi connectivity index (χ1n) is 4.46. The Balaban J connectivity index is 3.12. The van der Waals surface area contributed by atoms with Gasteiger partial charge in [-0.2, -0.15) is 5.48 Å². The Morgan fingerprint density at radius 1 is 1.54 bits per heavy atom. The van der Waals surface area contributed by atoms with Crippen LogP contribution in [0, 0.1) is 0 Å². The maximum absolute atomic E-state index is 10.7. The third kappa shape index (κ3) is 8.88. The van der Waals surface area contributed by atoms with Gasteiger partial charge in [0.15, 0.2) is 0 Å². The maximum atomic E-state index is 10.7. The van der Waals surface area contributed by atoms with Gasteiger partial charge in [-0.1, -0.05) is 32.4 Å². The fourth-order valence-electron chi connectivity index (χ4n) is 0.698. The van der Waals surface area contributed by atoms with Crippen LogP contribution in [0.15, 0.2) is 12.7 Å². The number of carbonyl (C=O) groups is 1. The van der Waals surface area contributed by atoms with Crippen LogP contribution in [0.3, 0.4) is 0 Å². The van der Waals surface area contributed by atoms with Crippen molar-refractivity contribution in [3.8, 4) is 0 Å². The van der Waals surface area contributed by atoms with Gasteiger partial charge in [-0.05, 0) is 6.42 Å². The topological polar surface area (TPSA) is 47.6 Å². The number of carbonyl (C=O) groups excluding carboxylic acids is 1. The van der Waals surface area contributed by atoms with Gasteiger partial charge in [0, 0.05) is 0 Å². The molecule has 0 saturated carbocycles. The summed E-state index contributed by atoms with van der Waals surface area (Å²) in [6.07, 6.45) is 4.10. The van der Waals surface area contributed by atoms with Crippen molar-refractivity contribution < 1.29 is 14.4 Å². The van der Waals surface area contributed by atoms with Crippen LogP contribution in [0.4, 0.5) is 4.79 Å². The van der Waals surface area contributed by atoms with Crippen LogP contribution in [0.25, 0.3) is 0 Å². The number of ether oxygens (including phenoxy) is 1. The minimum Gasteiger partial charge on any atom is -0.444 e. The number of hydrogen-bond acceptors (Lipinski definition) is 3. The SMILES string of the molecule is C=CCOC(=O)NOCCCCC. The molecule has 0 heterocycles. The van der Waals surface area contributed by atoms with Gasteiger partial charge in [0.1, 0.15) is 6.61 Å². The van der Waals surface area contributed by atoms with E-state index in [0.29, 0.717) is 6.61 Å². The molecule has 1 amide bonds. The molecule has 0 saturated heterocycles. The highest BCUT2D eigenvalue weighted by molar-refractivity contribution is 5.65. The van der Waals surface area contributed by atoms with E-state index < -0.39 is 6.09 Å². The molecule has 0 aliphatic carbocycles. The lowest BCUT2D eigenvalue weighted by Gasteiger charge is -2.04. The van der Waals surface area contributed by atoms with Crippen LogP contribution in [-0.2, 0) is 9.57 Å². The van der Waals surface area contributed by atoms with Gasteiger partial charge in [0.2, 0.25) is 0 Å². The Morgan fingerprint density at radius 3 is 2.92 bits per heavy atom. The second-order valence-corrected chi connectivity index (χ2v) is 2.54. The maximum Gasteiger partial charge on any atom is 0.431 e. The van der Waals surface area contributed by atoms with Crippen LogP contribution in [0.5, 0.6) is 0 Å². The first-order valence-corrected chi connectivity index (χ1v) is 4.46. The van der Waals surface area contributed by atoms with E-state index >= 15 is 0 Å². The van der Waals surface area contributed by atoms with Crippen molar-refractivity contribution >= 4 is 6.09 Å². The van der Waals surface area contributed by atoms with E-state index in [0.717, 1.165) is 19.3 Å². The predicted molar refractivity (Wildman–Crippen MR) is 50.2 cm³/mol. The lowest BCUT2D eigenvalue weighted by molar-refractivity contribution is 0.0296. The van der Waals surface area contributed by atoms with E-state index in [1.54, 1.807) is 0 Å². The summed E-state index contributed by atoms with van der Waals surface area (Å²) in [6, 6.07) is 0. The average molecular weight is 187 g/mol. The van der Waals surface area contributed by atoms with E-state index in [9.17, 15) is 4.79 Å². The smallest absolute Gasteiger partial charge is 0.431 e. The number of nitrogens with one attached hydrogen (secondary N) is 1. The third-order valence-corrected chi connectivity index (χ3v) is 1.34. The van der Waals surface area contributed by atoms with Gasteiger partial charge in [0.05, 0.1) is 6.61 Å². The minimum atomic E-state index is -0.573. The van der Waals surface area contributed by atoms with E-state index in [1.165, 1.54) is 6.08 Å². The molecule has 13 heavy (non-hydrogen) atoms. The molecule has 0 rings (SSSR count). The highest BCUT2D eigenvalue weighted by atomic mass is 16.7. The molecule has 1 N–H and O–H groups in total. The summed E-state index contributed by atoms with van der Waals surface area (Å²) < 4.78 is 4.60. The van der Waals surface area contributed by atoms with Gasteiger partial charge < -0.3 is 4.74 Å². The van der Waals surface area contributed by atoms with Crippen molar-refractivity contribution in [1.82, 2.24) is 5.48 Å². The van der Waals surface area contributed by atoms with E-state index in [2.05, 4.69) is 23.7 Å². The highest BCUT2D eigenvalue weighted by Crippen LogP contribution is 1.92. The zero-order valence-corrected chi connectivity index (χ0v) is 8.04. The molecule has 0 fully saturated rings. The molecule has 0 aliphatic heterocycles. The van der Waals surface area contributed by atoms with Crippen LogP contribution >= 0.6 is 0 Å². The summed E-state index contributed by atoms with van der Waals surface area (Å²) >= 11 is 0. The standard InChI is InChI=1S/C9H17NO3/c1-3-5-6-8-13-10-9(11)12-7-4-2/h4H,2-3,5-8H2,1H3,(H,10,11). The largest absolute Gasteiger partial charge is 0.444 e. The summed E-state index contributed by atoms with van der Waals surface area (Å²) in [5.74, 6) is 0. The van der Waals surface area contributed by atoms with Gasteiger partial charge in [-0.3, -0.25) is 4.84 Å². The summed E-state index contributed by atoms with van der Waals surface area (Å²) in [5, 5.41) is 0. The van der Waals surface area contributed by atoms with Crippen LogP contribution in [-0.4, -0.2) is 19.3 Å². The zero-order valence-electron chi connectivity index (χ0n) is 8.04. The molecular formula is C9H17NO3. The third-order valence-electron chi connectivity index (χ3n) is 1.34. The second kappa shape index (κ2) is 9.06. The second-order valence-electron chi connectivity index (χ2n) is 2.54. The zero-order chi connectivity index (χ0) is 9.94. The molecule has 0 spiro atoms. The summed E-state index contributed by atoms with van der Waals surface area (Å²) in [7, 11) is 0. The lowest BCUT2D eigenvalue weighted by atomic mass is 10.3. The van der Waals surface area contributed by atoms with Crippen LogP contribution in [0.1, 0.15) is 26.2 Å². The van der Waals surface area contributed by atoms with Gasteiger partial charge in [-0.25, -0.2) is 4.79 Å². The number of amides is 1.